The number of carbonyl (C=O) groups is 1. The van der Waals surface area contributed by atoms with Gasteiger partial charge in [-0.25, -0.2) is 0 Å². The molecule has 1 fully saturated rings. The Kier molecular flexibility index (Phi) is 4.42. The number of para-hydroxylation sites is 1. The lowest BCUT2D eigenvalue weighted by Crippen LogP contribution is -2.39. The van der Waals surface area contributed by atoms with Crippen molar-refractivity contribution < 1.29 is 18.8 Å². The van der Waals surface area contributed by atoms with Crippen LogP contribution in [0.1, 0.15) is 23.2 Å². The van der Waals surface area contributed by atoms with Gasteiger partial charge in [0.1, 0.15) is 0 Å². The number of amides is 1. The van der Waals surface area contributed by atoms with E-state index in [4.69, 9.17) is 4.74 Å². The molecular formula is C13H17NO4S. The number of phenolic OH excluding ortho intramolecular Hbond substituents is 1. The van der Waals surface area contributed by atoms with Crippen LogP contribution in [0.3, 0.4) is 0 Å². The summed E-state index contributed by atoms with van der Waals surface area (Å²) in [6.07, 6.45) is 1.42. The van der Waals surface area contributed by atoms with Gasteiger partial charge in [-0.1, -0.05) is 6.07 Å². The number of nitrogens with one attached hydrogen (secondary N) is 1. The van der Waals surface area contributed by atoms with Crippen LogP contribution in [0.4, 0.5) is 0 Å². The highest BCUT2D eigenvalue weighted by Gasteiger charge is 2.22. The molecule has 1 aliphatic heterocycles. The number of ether oxygens (including phenoxy) is 1. The van der Waals surface area contributed by atoms with Crippen molar-refractivity contribution in [3.8, 4) is 11.5 Å². The zero-order valence-electron chi connectivity index (χ0n) is 10.7. The van der Waals surface area contributed by atoms with Crippen LogP contribution in [0, 0.1) is 0 Å². The highest BCUT2D eigenvalue weighted by molar-refractivity contribution is 7.85. The third-order valence-electron chi connectivity index (χ3n) is 3.19. The molecule has 0 spiro atoms. The van der Waals surface area contributed by atoms with Crippen molar-refractivity contribution in [2.75, 3.05) is 18.6 Å². The van der Waals surface area contributed by atoms with Crippen molar-refractivity contribution in [3.63, 3.8) is 0 Å². The van der Waals surface area contributed by atoms with Crippen LogP contribution in [0.2, 0.25) is 0 Å². The van der Waals surface area contributed by atoms with Gasteiger partial charge >= 0.3 is 0 Å². The number of phenols is 1. The molecule has 1 aromatic rings. The Morgan fingerprint density at radius 2 is 2.11 bits per heavy atom. The van der Waals surface area contributed by atoms with E-state index in [9.17, 15) is 14.1 Å². The number of benzene rings is 1. The van der Waals surface area contributed by atoms with Gasteiger partial charge in [-0.3, -0.25) is 9.00 Å². The molecule has 5 nitrogen and oxygen atoms in total. The molecule has 6 heteroatoms. The quantitative estimate of drug-likeness (QED) is 0.869. The summed E-state index contributed by atoms with van der Waals surface area (Å²) >= 11 is 0. The Balaban J connectivity index is 2.06. The average molecular weight is 283 g/mol. The van der Waals surface area contributed by atoms with Crippen molar-refractivity contribution in [2.45, 2.75) is 18.9 Å². The lowest BCUT2D eigenvalue weighted by atomic mass is 10.1. The monoisotopic (exact) mass is 283 g/mol. The first kappa shape index (κ1) is 13.9. The summed E-state index contributed by atoms with van der Waals surface area (Å²) in [5, 5.41) is 12.8. The normalized spacial score (nSPS) is 22.8. The summed E-state index contributed by atoms with van der Waals surface area (Å²) in [7, 11) is 0.687. The fraction of sp³-hybridized carbons (Fsp3) is 0.462. The molecule has 0 aliphatic carbocycles. The van der Waals surface area contributed by atoms with E-state index < -0.39 is 10.8 Å². The van der Waals surface area contributed by atoms with Gasteiger partial charge in [-0.15, -0.1) is 0 Å². The fourth-order valence-electron chi connectivity index (χ4n) is 2.07. The van der Waals surface area contributed by atoms with E-state index in [2.05, 4.69) is 5.32 Å². The van der Waals surface area contributed by atoms with Gasteiger partial charge < -0.3 is 15.2 Å². The SMILES string of the molecule is COc1cccc(C(=O)NC2CCS(=O)CC2)c1O. The van der Waals surface area contributed by atoms with Crippen LogP contribution in [0.15, 0.2) is 18.2 Å². The molecule has 1 amide bonds. The van der Waals surface area contributed by atoms with E-state index in [1.165, 1.54) is 7.11 Å². The van der Waals surface area contributed by atoms with E-state index in [1.807, 2.05) is 0 Å². The second kappa shape index (κ2) is 6.06. The Morgan fingerprint density at radius 3 is 2.74 bits per heavy atom. The Labute approximate surface area is 114 Å². The van der Waals surface area contributed by atoms with Crippen molar-refractivity contribution in [2.24, 2.45) is 0 Å². The minimum Gasteiger partial charge on any atom is -0.504 e. The van der Waals surface area contributed by atoms with Crippen LogP contribution in [0.5, 0.6) is 11.5 Å². The second-order valence-corrected chi connectivity index (χ2v) is 6.15. The van der Waals surface area contributed by atoms with Crippen molar-refractivity contribution in [3.05, 3.63) is 23.8 Å². The molecule has 0 aromatic heterocycles. The molecule has 104 valence electrons. The molecule has 2 N–H and O–H groups in total. The molecule has 1 aromatic carbocycles. The first-order valence-corrected chi connectivity index (χ1v) is 7.62. The number of methoxy groups -OCH3 is 1. The summed E-state index contributed by atoms with van der Waals surface area (Å²) in [6.45, 7) is 0. The molecule has 1 heterocycles. The first-order valence-electron chi connectivity index (χ1n) is 6.13. The standard InChI is InChI=1S/C13H17NO4S/c1-18-11-4-2-3-10(12(11)15)13(16)14-9-5-7-19(17)8-6-9/h2-4,9,15H,5-8H2,1H3,(H,14,16). The lowest BCUT2D eigenvalue weighted by molar-refractivity contribution is 0.0931. The average Bonchev–Trinajstić information content (AvgIpc) is 2.41. The molecule has 0 atom stereocenters. The second-order valence-electron chi connectivity index (χ2n) is 4.45. The van der Waals surface area contributed by atoms with E-state index >= 15 is 0 Å². The molecule has 0 unspecified atom stereocenters. The number of hydrogen-bond acceptors (Lipinski definition) is 4. The number of carbonyl (C=O) groups excluding carboxylic acids is 1. The summed E-state index contributed by atoms with van der Waals surface area (Å²) in [4.78, 5) is 12.1. The van der Waals surface area contributed by atoms with Gasteiger partial charge in [0.05, 0.1) is 12.7 Å². The number of hydrogen-bond donors (Lipinski definition) is 2. The smallest absolute Gasteiger partial charge is 0.255 e. The molecule has 1 aliphatic rings. The van der Waals surface area contributed by atoms with Crippen molar-refractivity contribution >= 4 is 16.7 Å². The zero-order chi connectivity index (χ0) is 13.8. The van der Waals surface area contributed by atoms with Crippen LogP contribution >= 0.6 is 0 Å². The lowest BCUT2D eigenvalue weighted by Gasteiger charge is -2.22. The Bertz CT molecular complexity index is 493. The largest absolute Gasteiger partial charge is 0.504 e. The highest BCUT2D eigenvalue weighted by Crippen LogP contribution is 2.29. The number of rotatable bonds is 3. The highest BCUT2D eigenvalue weighted by atomic mass is 32.2. The molecule has 19 heavy (non-hydrogen) atoms. The minimum absolute atomic E-state index is 0.0239. The summed E-state index contributed by atoms with van der Waals surface area (Å²) in [5.41, 5.74) is 0.200. The zero-order valence-corrected chi connectivity index (χ0v) is 11.5. The van der Waals surface area contributed by atoms with Gasteiger partial charge in [-0.05, 0) is 25.0 Å². The van der Waals surface area contributed by atoms with Crippen LogP contribution < -0.4 is 10.1 Å². The molecule has 0 bridgehead atoms. The summed E-state index contributed by atoms with van der Waals surface area (Å²) in [5.74, 6) is 1.04. The van der Waals surface area contributed by atoms with Gasteiger partial charge in [0.25, 0.3) is 5.91 Å². The third kappa shape index (κ3) is 3.26. The third-order valence-corrected chi connectivity index (χ3v) is 4.57. The molecule has 0 saturated carbocycles. The van der Waals surface area contributed by atoms with Gasteiger partial charge in [0.15, 0.2) is 11.5 Å². The fourth-order valence-corrected chi connectivity index (χ4v) is 3.37. The van der Waals surface area contributed by atoms with Crippen molar-refractivity contribution in [1.29, 1.82) is 0 Å². The minimum atomic E-state index is -0.750. The summed E-state index contributed by atoms with van der Waals surface area (Å²) < 4.78 is 16.2. The molecule has 0 radical (unpaired) electrons. The first-order chi connectivity index (χ1) is 9.11. The van der Waals surface area contributed by atoms with Gasteiger partial charge in [-0.2, -0.15) is 0 Å². The van der Waals surface area contributed by atoms with Gasteiger partial charge in [0, 0.05) is 28.3 Å². The summed E-state index contributed by atoms with van der Waals surface area (Å²) in [6, 6.07) is 4.82. The number of aromatic hydroxyl groups is 1. The maximum Gasteiger partial charge on any atom is 0.255 e. The molecular weight excluding hydrogens is 266 g/mol. The predicted molar refractivity (Wildman–Crippen MR) is 73.0 cm³/mol. The Morgan fingerprint density at radius 1 is 1.42 bits per heavy atom. The van der Waals surface area contributed by atoms with Crippen LogP contribution in [0.25, 0.3) is 0 Å². The van der Waals surface area contributed by atoms with Crippen LogP contribution in [-0.4, -0.2) is 39.9 Å². The van der Waals surface area contributed by atoms with E-state index in [1.54, 1.807) is 18.2 Å². The molecule has 1 saturated heterocycles. The Hall–Kier alpha value is -1.56. The van der Waals surface area contributed by atoms with Crippen LogP contribution in [-0.2, 0) is 10.8 Å². The van der Waals surface area contributed by atoms with E-state index in [-0.39, 0.29) is 29.0 Å². The maximum absolute atomic E-state index is 12.1. The topological polar surface area (TPSA) is 75.6 Å². The van der Waals surface area contributed by atoms with Crippen molar-refractivity contribution in [1.82, 2.24) is 5.32 Å². The predicted octanol–water partition coefficient (Wildman–Crippen LogP) is 1.04. The van der Waals surface area contributed by atoms with E-state index in [0.29, 0.717) is 24.3 Å². The maximum atomic E-state index is 12.1. The molecule has 2 rings (SSSR count). The van der Waals surface area contributed by atoms with Gasteiger partial charge in [0.2, 0.25) is 0 Å². The van der Waals surface area contributed by atoms with E-state index in [0.717, 1.165) is 0 Å².